The van der Waals surface area contributed by atoms with Gasteiger partial charge in [0.25, 0.3) is 0 Å². The second kappa shape index (κ2) is 6.45. The van der Waals surface area contributed by atoms with Crippen LogP contribution in [0.1, 0.15) is 43.3 Å². The van der Waals surface area contributed by atoms with Crippen molar-refractivity contribution in [3.8, 4) is 22.1 Å². The van der Waals surface area contributed by atoms with Gasteiger partial charge in [0.2, 0.25) is 0 Å². The molecule has 1 heterocycles. The second-order valence-electron chi connectivity index (χ2n) is 5.25. The van der Waals surface area contributed by atoms with Crippen molar-refractivity contribution in [1.82, 2.24) is 4.98 Å². The molecule has 1 aromatic heterocycles. The van der Waals surface area contributed by atoms with Crippen molar-refractivity contribution in [2.75, 3.05) is 14.2 Å². The molecule has 0 aliphatic rings. The number of aromatic nitrogens is 1. The summed E-state index contributed by atoms with van der Waals surface area (Å²) >= 11 is 1.63. The van der Waals surface area contributed by atoms with Crippen LogP contribution in [0, 0.1) is 0 Å². The lowest BCUT2D eigenvalue weighted by Crippen LogP contribution is -2.06. The van der Waals surface area contributed by atoms with Crippen LogP contribution in [0.5, 0.6) is 11.5 Å². The number of nitrogens with two attached hydrogens (primary N) is 1. The van der Waals surface area contributed by atoms with E-state index in [0.717, 1.165) is 21.1 Å². The van der Waals surface area contributed by atoms with E-state index in [9.17, 15) is 0 Å². The molecular weight excluding hydrogens is 284 g/mol. The van der Waals surface area contributed by atoms with Crippen LogP contribution in [0.25, 0.3) is 10.6 Å². The molecule has 1 unspecified atom stereocenters. The van der Waals surface area contributed by atoms with Crippen molar-refractivity contribution >= 4 is 11.3 Å². The Morgan fingerprint density at radius 1 is 1.14 bits per heavy atom. The molecule has 2 rings (SSSR count). The predicted molar refractivity (Wildman–Crippen MR) is 87.3 cm³/mol. The number of para-hydroxylation sites is 1. The minimum Gasteiger partial charge on any atom is -0.493 e. The number of hydrogen-bond acceptors (Lipinski definition) is 5. The lowest BCUT2D eigenvalue weighted by molar-refractivity contribution is 0.356. The van der Waals surface area contributed by atoms with Crippen LogP contribution < -0.4 is 15.2 Å². The van der Waals surface area contributed by atoms with Crippen molar-refractivity contribution < 1.29 is 9.47 Å². The Morgan fingerprint density at radius 2 is 1.86 bits per heavy atom. The van der Waals surface area contributed by atoms with Gasteiger partial charge in [0, 0.05) is 10.9 Å². The number of ether oxygens (including phenoxy) is 2. The number of methoxy groups -OCH3 is 2. The zero-order valence-electron chi connectivity index (χ0n) is 13.1. The molecule has 114 valence electrons. The van der Waals surface area contributed by atoms with Gasteiger partial charge in [-0.2, -0.15) is 0 Å². The first-order valence-electron chi connectivity index (χ1n) is 6.97. The zero-order valence-corrected chi connectivity index (χ0v) is 14.0. The Bertz CT molecular complexity index is 595. The fraction of sp³-hybridized carbons (Fsp3) is 0.438. The van der Waals surface area contributed by atoms with E-state index < -0.39 is 0 Å². The predicted octanol–water partition coefficient (Wildman–Crippen LogP) is 3.97. The van der Waals surface area contributed by atoms with Crippen LogP contribution in [0.4, 0.5) is 0 Å². The van der Waals surface area contributed by atoms with E-state index in [-0.39, 0.29) is 6.04 Å². The highest BCUT2D eigenvalue weighted by Crippen LogP contribution is 2.42. The van der Waals surface area contributed by atoms with E-state index in [4.69, 9.17) is 20.2 Å². The molecule has 1 atom stereocenters. The Hall–Kier alpha value is -1.59. The van der Waals surface area contributed by atoms with Crippen LogP contribution >= 0.6 is 11.3 Å². The van der Waals surface area contributed by atoms with Gasteiger partial charge < -0.3 is 15.2 Å². The van der Waals surface area contributed by atoms with E-state index in [1.54, 1.807) is 25.6 Å². The van der Waals surface area contributed by atoms with Crippen LogP contribution in [0.2, 0.25) is 0 Å². The highest BCUT2D eigenvalue weighted by atomic mass is 32.1. The topological polar surface area (TPSA) is 57.4 Å². The van der Waals surface area contributed by atoms with Gasteiger partial charge in [-0.1, -0.05) is 19.9 Å². The van der Waals surface area contributed by atoms with Crippen LogP contribution in [-0.2, 0) is 0 Å². The smallest absolute Gasteiger partial charge is 0.170 e. The third kappa shape index (κ3) is 3.04. The summed E-state index contributed by atoms with van der Waals surface area (Å²) in [5, 5.41) is 0.918. The van der Waals surface area contributed by atoms with Gasteiger partial charge >= 0.3 is 0 Å². The van der Waals surface area contributed by atoms with Crippen molar-refractivity contribution in [1.29, 1.82) is 0 Å². The molecule has 0 bridgehead atoms. The summed E-state index contributed by atoms with van der Waals surface area (Å²) in [5.74, 6) is 1.76. The highest BCUT2D eigenvalue weighted by molar-refractivity contribution is 7.15. The minimum absolute atomic E-state index is 0.0229. The summed E-state index contributed by atoms with van der Waals surface area (Å²) in [6.07, 6.45) is 0. The normalized spacial score (nSPS) is 12.5. The maximum Gasteiger partial charge on any atom is 0.170 e. The summed E-state index contributed by atoms with van der Waals surface area (Å²) in [5.41, 5.74) is 8.09. The lowest BCUT2D eigenvalue weighted by Gasteiger charge is -2.10. The molecule has 0 aliphatic carbocycles. The molecule has 0 fully saturated rings. The minimum atomic E-state index is -0.0229. The number of benzene rings is 1. The molecule has 5 heteroatoms. The molecule has 0 aliphatic heterocycles. The Morgan fingerprint density at radius 3 is 2.33 bits per heavy atom. The van der Waals surface area contributed by atoms with Crippen LogP contribution in [0.3, 0.4) is 0 Å². The number of thiazole rings is 1. The van der Waals surface area contributed by atoms with E-state index in [1.165, 1.54) is 0 Å². The average molecular weight is 306 g/mol. The van der Waals surface area contributed by atoms with Crippen molar-refractivity contribution in [2.24, 2.45) is 5.73 Å². The third-order valence-corrected chi connectivity index (χ3v) is 4.58. The Kier molecular flexibility index (Phi) is 4.85. The fourth-order valence-corrected chi connectivity index (χ4v) is 3.45. The summed E-state index contributed by atoms with van der Waals surface area (Å²) in [7, 11) is 3.28. The molecule has 4 nitrogen and oxygen atoms in total. The van der Waals surface area contributed by atoms with Crippen LogP contribution in [-0.4, -0.2) is 19.2 Å². The van der Waals surface area contributed by atoms with Crippen molar-refractivity contribution in [3.63, 3.8) is 0 Å². The Balaban J connectivity index is 2.60. The number of rotatable bonds is 5. The first-order valence-corrected chi connectivity index (χ1v) is 7.78. The van der Waals surface area contributed by atoms with Gasteiger partial charge in [-0.25, -0.2) is 4.98 Å². The molecule has 0 radical (unpaired) electrons. The maximum absolute atomic E-state index is 6.08. The molecule has 0 amide bonds. The number of hydrogen-bond donors (Lipinski definition) is 1. The number of nitrogens with zero attached hydrogens (tertiary/aromatic N) is 1. The molecule has 2 aromatic rings. The summed E-state index contributed by atoms with van der Waals surface area (Å²) < 4.78 is 10.9. The monoisotopic (exact) mass is 306 g/mol. The summed E-state index contributed by atoms with van der Waals surface area (Å²) in [4.78, 5) is 5.92. The average Bonchev–Trinajstić information content (AvgIpc) is 2.91. The second-order valence-corrected chi connectivity index (χ2v) is 6.28. The van der Waals surface area contributed by atoms with Crippen LogP contribution in [0.15, 0.2) is 18.2 Å². The zero-order chi connectivity index (χ0) is 15.6. The first kappa shape index (κ1) is 15.8. The standard InChI is InChI=1S/C16H22N2O2S/c1-9(2)13-15(10(3)17)21-16(18-13)11-7-6-8-12(19-4)14(11)20-5/h6-10H,17H2,1-5H3. The van der Waals surface area contributed by atoms with Gasteiger partial charge in [-0.3, -0.25) is 0 Å². The first-order chi connectivity index (χ1) is 9.99. The van der Waals surface area contributed by atoms with Gasteiger partial charge in [0.1, 0.15) is 5.01 Å². The molecule has 2 N–H and O–H groups in total. The summed E-state index contributed by atoms with van der Waals surface area (Å²) in [6.45, 7) is 6.26. The van der Waals surface area contributed by atoms with E-state index >= 15 is 0 Å². The highest BCUT2D eigenvalue weighted by Gasteiger charge is 2.21. The van der Waals surface area contributed by atoms with Gasteiger partial charge in [0.15, 0.2) is 11.5 Å². The Labute approximate surface area is 129 Å². The quantitative estimate of drug-likeness (QED) is 0.908. The third-order valence-electron chi connectivity index (χ3n) is 3.27. The molecule has 0 saturated heterocycles. The van der Waals surface area contributed by atoms with Crippen molar-refractivity contribution in [2.45, 2.75) is 32.7 Å². The molecule has 0 spiro atoms. The summed E-state index contributed by atoms with van der Waals surface area (Å²) in [6, 6.07) is 5.80. The van der Waals surface area contributed by atoms with E-state index in [1.807, 2.05) is 25.1 Å². The van der Waals surface area contributed by atoms with Crippen molar-refractivity contribution in [3.05, 3.63) is 28.8 Å². The SMILES string of the molecule is COc1cccc(-c2nc(C(C)C)c(C(C)N)s2)c1OC. The molecule has 0 saturated carbocycles. The molecule has 1 aromatic carbocycles. The van der Waals surface area contributed by atoms with E-state index in [0.29, 0.717) is 17.4 Å². The molecular formula is C16H22N2O2S. The molecule has 21 heavy (non-hydrogen) atoms. The fourth-order valence-electron chi connectivity index (χ4n) is 2.25. The van der Waals surface area contributed by atoms with E-state index in [2.05, 4.69) is 13.8 Å². The lowest BCUT2D eigenvalue weighted by atomic mass is 10.1. The maximum atomic E-state index is 6.08. The van der Waals surface area contributed by atoms with Gasteiger partial charge in [0.05, 0.1) is 25.5 Å². The van der Waals surface area contributed by atoms with Gasteiger partial charge in [-0.15, -0.1) is 11.3 Å². The largest absolute Gasteiger partial charge is 0.493 e. The van der Waals surface area contributed by atoms with Gasteiger partial charge in [-0.05, 0) is 25.0 Å².